The highest BCUT2D eigenvalue weighted by Crippen LogP contribution is 2.18. The molecule has 0 aromatic heterocycles. The maximum Gasteiger partial charge on any atom is 0.00695 e. The third kappa shape index (κ3) is 3.24. The molecule has 0 spiro atoms. The predicted molar refractivity (Wildman–Crippen MR) is 49.8 cm³/mol. The third-order valence-corrected chi connectivity index (χ3v) is 2.60. The van der Waals surface area contributed by atoms with E-state index >= 15 is 0 Å². The van der Waals surface area contributed by atoms with Crippen LogP contribution in [0.2, 0.25) is 0 Å². The molecule has 0 saturated heterocycles. The van der Waals surface area contributed by atoms with Gasteiger partial charge in [0.1, 0.15) is 0 Å². The van der Waals surface area contributed by atoms with E-state index < -0.39 is 0 Å². The van der Waals surface area contributed by atoms with E-state index in [1.165, 1.54) is 38.5 Å². The van der Waals surface area contributed by atoms with Crippen LogP contribution in [0.15, 0.2) is 0 Å². The van der Waals surface area contributed by atoms with Gasteiger partial charge in [0.2, 0.25) is 0 Å². The highest BCUT2D eigenvalue weighted by Gasteiger charge is 2.15. The van der Waals surface area contributed by atoms with Crippen LogP contribution < -0.4 is 5.32 Å². The van der Waals surface area contributed by atoms with Crippen LogP contribution in [0.25, 0.3) is 0 Å². The van der Waals surface area contributed by atoms with Gasteiger partial charge in [0.05, 0.1) is 0 Å². The molecule has 1 N–H and O–H groups in total. The molecule has 1 saturated carbocycles. The quantitative estimate of drug-likeness (QED) is 0.658. The number of hydrogen-bond donors (Lipinski definition) is 1. The summed E-state index contributed by atoms with van der Waals surface area (Å²) in [6.07, 6.45) is 8.34. The molecule has 66 valence electrons. The summed E-state index contributed by atoms with van der Waals surface area (Å²) < 4.78 is 0. The first-order valence-corrected chi connectivity index (χ1v) is 5.09. The van der Waals surface area contributed by atoms with Crippen LogP contribution in [-0.2, 0) is 0 Å². The Bertz CT molecular complexity index is 95.0. The molecule has 0 aliphatic heterocycles. The minimum Gasteiger partial charge on any atom is -0.312 e. The van der Waals surface area contributed by atoms with Crippen molar-refractivity contribution < 1.29 is 0 Å². The summed E-state index contributed by atoms with van der Waals surface area (Å²) in [5, 5.41) is 3.68. The average molecular weight is 155 g/mol. The van der Waals surface area contributed by atoms with Crippen LogP contribution >= 0.6 is 0 Å². The van der Waals surface area contributed by atoms with Crippen molar-refractivity contribution in [1.82, 2.24) is 5.32 Å². The Labute approximate surface area is 70.6 Å². The molecule has 0 heterocycles. The van der Waals surface area contributed by atoms with E-state index in [9.17, 15) is 0 Å². The first-order chi connectivity index (χ1) is 5.33. The Morgan fingerprint density at radius 3 is 2.55 bits per heavy atom. The van der Waals surface area contributed by atoms with Crippen molar-refractivity contribution in [2.24, 2.45) is 0 Å². The van der Waals surface area contributed by atoms with E-state index in [1.807, 2.05) is 0 Å². The van der Waals surface area contributed by atoms with Crippen molar-refractivity contribution in [1.29, 1.82) is 0 Å². The molecule has 0 aromatic carbocycles. The lowest BCUT2D eigenvalue weighted by atomic mass is 10.1. The summed E-state index contributed by atoms with van der Waals surface area (Å²) in [5.74, 6) is 0. The molecule has 1 unspecified atom stereocenters. The normalized spacial score (nSPS) is 22.4. The third-order valence-electron chi connectivity index (χ3n) is 2.60. The molecule has 1 fully saturated rings. The Morgan fingerprint density at radius 2 is 2.00 bits per heavy atom. The smallest absolute Gasteiger partial charge is 0.00695 e. The lowest BCUT2D eigenvalue weighted by molar-refractivity contribution is 0.429. The first kappa shape index (κ1) is 9.05. The molecule has 11 heavy (non-hydrogen) atoms. The first-order valence-electron chi connectivity index (χ1n) is 5.09. The second-order valence-corrected chi connectivity index (χ2v) is 3.84. The van der Waals surface area contributed by atoms with E-state index in [4.69, 9.17) is 0 Å². The summed E-state index contributed by atoms with van der Waals surface area (Å²) in [6, 6.07) is 1.58. The minimum atomic E-state index is 0.739. The Morgan fingerprint density at radius 1 is 1.36 bits per heavy atom. The van der Waals surface area contributed by atoms with Gasteiger partial charge in [-0.1, -0.05) is 26.2 Å². The molecule has 0 radical (unpaired) electrons. The fourth-order valence-electron chi connectivity index (χ4n) is 2.01. The summed E-state index contributed by atoms with van der Waals surface area (Å²) in [6.45, 7) is 4.56. The van der Waals surface area contributed by atoms with Gasteiger partial charge >= 0.3 is 0 Å². The second kappa shape index (κ2) is 4.76. The highest BCUT2D eigenvalue weighted by molar-refractivity contribution is 4.76. The topological polar surface area (TPSA) is 12.0 Å². The van der Waals surface area contributed by atoms with Crippen LogP contribution in [-0.4, -0.2) is 12.1 Å². The Kier molecular flexibility index (Phi) is 3.92. The average Bonchev–Trinajstić information content (AvgIpc) is 2.40. The Hall–Kier alpha value is -0.0400. The summed E-state index contributed by atoms with van der Waals surface area (Å²) >= 11 is 0. The van der Waals surface area contributed by atoms with Gasteiger partial charge in [-0.3, -0.25) is 0 Å². The molecule has 0 amide bonds. The van der Waals surface area contributed by atoms with Crippen LogP contribution in [0.3, 0.4) is 0 Å². The lowest BCUT2D eigenvalue weighted by Gasteiger charge is -2.18. The van der Waals surface area contributed by atoms with E-state index in [0.717, 1.165) is 12.1 Å². The molecular weight excluding hydrogens is 134 g/mol. The van der Waals surface area contributed by atoms with Crippen LogP contribution in [0, 0.1) is 0 Å². The summed E-state index contributed by atoms with van der Waals surface area (Å²) in [4.78, 5) is 0. The van der Waals surface area contributed by atoms with Gasteiger partial charge in [-0.15, -0.1) is 0 Å². The predicted octanol–water partition coefficient (Wildman–Crippen LogP) is 2.71. The van der Waals surface area contributed by atoms with Gasteiger partial charge in [0.15, 0.2) is 0 Å². The van der Waals surface area contributed by atoms with Gasteiger partial charge in [0.25, 0.3) is 0 Å². The summed E-state index contributed by atoms with van der Waals surface area (Å²) in [7, 11) is 0. The van der Waals surface area contributed by atoms with Gasteiger partial charge in [-0.2, -0.15) is 0 Å². The molecule has 1 heteroatoms. The lowest BCUT2D eigenvalue weighted by Crippen LogP contribution is -2.34. The van der Waals surface area contributed by atoms with Gasteiger partial charge in [0, 0.05) is 12.1 Å². The molecule has 1 aliphatic carbocycles. The van der Waals surface area contributed by atoms with Crippen molar-refractivity contribution in [3.63, 3.8) is 0 Å². The fraction of sp³-hybridized carbons (Fsp3) is 1.00. The number of hydrogen-bond acceptors (Lipinski definition) is 1. The van der Waals surface area contributed by atoms with Crippen molar-refractivity contribution in [2.45, 2.75) is 64.5 Å². The highest BCUT2D eigenvalue weighted by atomic mass is 14.9. The maximum absolute atomic E-state index is 3.68. The number of rotatable bonds is 4. The van der Waals surface area contributed by atoms with Crippen molar-refractivity contribution in [3.8, 4) is 0 Å². The van der Waals surface area contributed by atoms with E-state index in [-0.39, 0.29) is 0 Å². The van der Waals surface area contributed by atoms with Crippen molar-refractivity contribution in [3.05, 3.63) is 0 Å². The molecule has 1 atom stereocenters. The molecule has 1 rings (SSSR count). The van der Waals surface area contributed by atoms with E-state index in [0.29, 0.717) is 0 Å². The zero-order chi connectivity index (χ0) is 8.10. The van der Waals surface area contributed by atoms with Crippen LogP contribution in [0.4, 0.5) is 0 Å². The monoisotopic (exact) mass is 155 g/mol. The molecule has 1 aliphatic rings. The van der Waals surface area contributed by atoms with Crippen molar-refractivity contribution in [2.75, 3.05) is 0 Å². The van der Waals surface area contributed by atoms with Gasteiger partial charge in [-0.05, 0) is 26.2 Å². The largest absolute Gasteiger partial charge is 0.312 e. The van der Waals surface area contributed by atoms with Crippen LogP contribution in [0.1, 0.15) is 52.4 Å². The second-order valence-electron chi connectivity index (χ2n) is 3.84. The maximum atomic E-state index is 3.68. The summed E-state index contributed by atoms with van der Waals surface area (Å²) in [5.41, 5.74) is 0. The fourth-order valence-corrected chi connectivity index (χ4v) is 2.01. The van der Waals surface area contributed by atoms with Gasteiger partial charge < -0.3 is 5.32 Å². The minimum absolute atomic E-state index is 0.739. The van der Waals surface area contributed by atoms with E-state index in [1.54, 1.807) is 0 Å². The zero-order valence-corrected chi connectivity index (χ0v) is 7.90. The standard InChI is InChI=1S/C10H21N/c1-3-6-9(2)11-10-7-4-5-8-10/h9-11H,3-8H2,1-2H3. The molecule has 0 aromatic rings. The van der Waals surface area contributed by atoms with Crippen molar-refractivity contribution >= 4 is 0 Å². The Balaban J connectivity index is 2.08. The molecular formula is C10H21N. The number of nitrogens with one attached hydrogen (secondary N) is 1. The van der Waals surface area contributed by atoms with Crippen LogP contribution in [0.5, 0.6) is 0 Å². The SMILES string of the molecule is CCCC(C)NC1CCCC1. The van der Waals surface area contributed by atoms with E-state index in [2.05, 4.69) is 19.2 Å². The molecule has 0 bridgehead atoms. The van der Waals surface area contributed by atoms with Gasteiger partial charge in [-0.25, -0.2) is 0 Å². The zero-order valence-electron chi connectivity index (χ0n) is 7.90. The molecule has 1 nitrogen and oxygen atoms in total.